The second-order valence-corrected chi connectivity index (χ2v) is 8.12. The van der Waals surface area contributed by atoms with Gasteiger partial charge in [0.1, 0.15) is 5.75 Å². The zero-order valence-electron chi connectivity index (χ0n) is 17.5. The third-order valence-electron chi connectivity index (χ3n) is 5.44. The van der Waals surface area contributed by atoms with E-state index in [4.69, 9.17) is 4.74 Å². The van der Waals surface area contributed by atoms with Crippen LogP contribution in [0.2, 0.25) is 0 Å². The summed E-state index contributed by atoms with van der Waals surface area (Å²) in [7, 11) is 0. The topological polar surface area (TPSA) is 41.6 Å². The number of hydrogen-bond donors (Lipinski definition) is 1. The normalized spacial score (nSPS) is 16.9. The molecule has 0 radical (unpaired) electrons. The lowest BCUT2D eigenvalue weighted by atomic mass is 10.0. The summed E-state index contributed by atoms with van der Waals surface area (Å²) in [4.78, 5) is 14.8. The summed E-state index contributed by atoms with van der Waals surface area (Å²) in [5.74, 6) is 0.998. The van der Waals surface area contributed by atoms with Gasteiger partial charge in [-0.1, -0.05) is 26.0 Å². The van der Waals surface area contributed by atoms with Gasteiger partial charge in [-0.05, 0) is 80.5 Å². The summed E-state index contributed by atoms with van der Waals surface area (Å²) in [6.07, 6.45) is 3.80. The van der Waals surface area contributed by atoms with Crippen LogP contribution >= 0.6 is 0 Å². The highest BCUT2D eigenvalue weighted by Gasteiger charge is 2.18. The number of nitrogens with zero attached hydrogens (tertiary/aromatic N) is 1. The van der Waals surface area contributed by atoms with Crippen molar-refractivity contribution in [3.8, 4) is 5.75 Å². The molecule has 1 fully saturated rings. The molecule has 4 heteroatoms. The average molecular weight is 381 g/mol. The standard InChI is InChI=1S/C24H32N2O2/c1-17(2)22-13-8-18(3)15-23(22)28-16-24(27)25-20-9-11-21(12-10-20)26-14-6-5-7-19(26)4/h8-13,15,17,19H,5-7,14,16H2,1-4H3,(H,25,27)/t19-/m1/s1. The van der Waals surface area contributed by atoms with Crippen molar-refractivity contribution in [2.75, 3.05) is 23.4 Å². The van der Waals surface area contributed by atoms with E-state index in [2.05, 4.69) is 55.3 Å². The van der Waals surface area contributed by atoms with E-state index in [1.54, 1.807) is 0 Å². The highest BCUT2D eigenvalue weighted by molar-refractivity contribution is 5.92. The fourth-order valence-electron chi connectivity index (χ4n) is 3.80. The molecule has 150 valence electrons. The summed E-state index contributed by atoms with van der Waals surface area (Å²) >= 11 is 0. The molecular formula is C24H32N2O2. The van der Waals surface area contributed by atoms with Gasteiger partial charge >= 0.3 is 0 Å². The lowest BCUT2D eigenvalue weighted by Gasteiger charge is -2.35. The molecule has 0 saturated carbocycles. The molecule has 0 aromatic heterocycles. The number of carbonyl (C=O) groups excluding carboxylic acids is 1. The second kappa shape index (κ2) is 9.13. The first kappa shape index (κ1) is 20.2. The SMILES string of the molecule is Cc1ccc(C(C)C)c(OCC(=O)Nc2ccc(N3CCCC[C@H]3C)cc2)c1. The third kappa shape index (κ3) is 5.06. The number of nitrogens with one attached hydrogen (secondary N) is 1. The third-order valence-corrected chi connectivity index (χ3v) is 5.44. The lowest BCUT2D eigenvalue weighted by Crippen LogP contribution is -2.37. The molecule has 0 bridgehead atoms. The Morgan fingerprint density at radius 2 is 1.93 bits per heavy atom. The number of anilines is 2. The Kier molecular flexibility index (Phi) is 6.61. The Morgan fingerprint density at radius 3 is 2.61 bits per heavy atom. The molecule has 1 amide bonds. The fourth-order valence-corrected chi connectivity index (χ4v) is 3.80. The van der Waals surface area contributed by atoms with Gasteiger partial charge in [-0.3, -0.25) is 4.79 Å². The molecule has 3 rings (SSSR count). The Hall–Kier alpha value is -2.49. The molecule has 1 heterocycles. The van der Waals surface area contributed by atoms with Crippen molar-refractivity contribution in [2.24, 2.45) is 0 Å². The van der Waals surface area contributed by atoms with Crippen molar-refractivity contribution in [1.82, 2.24) is 0 Å². The maximum absolute atomic E-state index is 12.3. The van der Waals surface area contributed by atoms with Crippen LogP contribution in [0.1, 0.15) is 57.1 Å². The van der Waals surface area contributed by atoms with Gasteiger partial charge in [0.2, 0.25) is 0 Å². The molecule has 0 spiro atoms. The predicted octanol–water partition coefficient (Wildman–Crippen LogP) is 5.51. The largest absolute Gasteiger partial charge is 0.483 e. The quantitative estimate of drug-likeness (QED) is 0.718. The number of hydrogen-bond acceptors (Lipinski definition) is 3. The molecule has 28 heavy (non-hydrogen) atoms. The van der Waals surface area contributed by atoms with Crippen molar-refractivity contribution in [1.29, 1.82) is 0 Å². The van der Waals surface area contributed by atoms with Gasteiger partial charge in [0.15, 0.2) is 6.61 Å². The van der Waals surface area contributed by atoms with E-state index < -0.39 is 0 Å². The van der Waals surface area contributed by atoms with Gasteiger partial charge in [0.05, 0.1) is 0 Å². The summed E-state index contributed by atoms with van der Waals surface area (Å²) in [6, 6.07) is 14.9. The number of benzene rings is 2. The number of amides is 1. The molecule has 0 aliphatic carbocycles. The van der Waals surface area contributed by atoms with Gasteiger partial charge in [0.25, 0.3) is 5.91 Å². The van der Waals surface area contributed by atoms with Crippen LogP contribution in [-0.4, -0.2) is 25.1 Å². The fraction of sp³-hybridized carbons (Fsp3) is 0.458. The average Bonchev–Trinajstić information content (AvgIpc) is 2.67. The number of aryl methyl sites for hydroxylation is 1. The Morgan fingerprint density at radius 1 is 1.18 bits per heavy atom. The molecule has 1 N–H and O–H groups in total. The molecule has 1 saturated heterocycles. The lowest BCUT2D eigenvalue weighted by molar-refractivity contribution is -0.118. The van der Waals surface area contributed by atoms with Crippen molar-refractivity contribution in [3.63, 3.8) is 0 Å². The number of carbonyl (C=O) groups is 1. The van der Waals surface area contributed by atoms with Crippen molar-refractivity contribution in [3.05, 3.63) is 53.6 Å². The highest BCUT2D eigenvalue weighted by Crippen LogP contribution is 2.28. The minimum absolute atomic E-state index is 0.00802. The van der Waals surface area contributed by atoms with E-state index in [0.717, 1.165) is 29.1 Å². The van der Waals surface area contributed by atoms with E-state index in [1.165, 1.54) is 24.9 Å². The first-order valence-corrected chi connectivity index (χ1v) is 10.3. The molecule has 1 aliphatic heterocycles. The highest BCUT2D eigenvalue weighted by atomic mass is 16.5. The minimum Gasteiger partial charge on any atom is -0.483 e. The monoisotopic (exact) mass is 380 g/mol. The van der Waals surface area contributed by atoms with Crippen LogP contribution in [0.25, 0.3) is 0 Å². The number of ether oxygens (including phenoxy) is 1. The van der Waals surface area contributed by atoms with Crippen LogP contribution in [0.4, 0.5) is 11.4 Å². The zero-order chi connectivity index (χ0) is 20.1. The molecule has 4 nitrogen and oxygen atoms in total. The van der Waals surface area contributed by atoms with Gasteiger partial charge in [-0.2, -0.15) is 0 Å². The van der Waals surface area contributed by atoms with E-state index in [-0.39, 0.29) is 12.5 Å². The van der Waals surface area contributed by atoms with Crippen molar-refractivity contribution in [2.45, 2.75) is 58.9 Å². The second-order valence-electron chi connectivity index (χ2n) is 8.12. The molecule has 2 aromatic rings. The van der Waals surface area contributed by atoms with Gasteiger partial charge in [-0.15, -0.1) is 0 Å². The summed E-state index contributed by atoms with van der Waals surface area (Å²) in [5.41, 5.74) is 4.28. The van der Waals surface area contributed by atoms with E-state index in [9.17, 15) is 4.79 Å². The van der Waals surface area contributed by atoms with Gasteiger partial charge < -0.3 is 15.0 Å². The van der Waals surface area contributed by atoms with Crippen molar-refractivity contribution < 1.29 is 9.53 Å². The number of piperidine rings is 1. The molecule has 1 atom stereocenters. The molecule has 1 aliphatic rings. The summed E-state index contributed by atoms with van der Waals surface area (Å²) in [6.45, 7) is 9.68. The molecule has 2 aromatic carbocycles. The molecule has 0 unspecified atom stereocenters. The smallest absolute Gasteiger partial charge is 0.262 e. The van der Waals surface area contributed by atoms with E-state index in [1.807, 2.05) is 25.1 Å². The maximum Gasteiger partial charge on any atom is 0.262 e. The van der Waals surface area contributed by atoms with E-state index >= 15 is 0 Å². The number of rotatable bonds is 6. The first-order valence-electron chi connectivity index (χ1n) is 10.3. The van der Waals surface area contributed by atoms with Crippen LogP contribution in [0.3, 0.4) is 0 Å². The summed E-state index contributed by atoms with van der Waals surface area (Å²) < 4.78 is 5.83. The Labute approximate surface area is 168 Å². The zero-order valence-corrected chi connectivity index (χ0v) is 17.5. The van der Waals surface area contributed by atoms with E-state index in [0.29, 0.717) is 12.0 Å². The Bertz CT molecular complexity index is 799. The van der Waals surface area contributed by atoms with Crippen LogP contribution < -0.4 is 15.0 Å². The van der Waals surface area contributed by atoms with Crippen LogP contribution in [0.5, 0.6) is 5.75 Å². The molecular weight excluding hydrogens is 348 g/mol. The minimum atomic E-state index is -0.143. The Balaban J connectivity index is 1.57. The van der Waals surface area contributed by atoms with Gasteiger partial charge in [-0.25, -0.2) is 0 Å². The maximum atomic E-state index is 12.3. The van der Waals surface area contributed by atoms with Crippen LogP contribution in [0.15, 0.2) is 42.5 Å². The van der Waals surface area contributed by atoms with Crippen LogP contribution in [0, 0.1) is 6.92 Å². The predicted molar refractivity (Wildman–Crippen MR) is 116 cm³/mol. The first-order chi connectivity index (χ1) is 13.4. The summed E-state index contributed by atoms with van der Waals surface area (Å²) in [5, 5.41) is 2.93. The van der Waals surface area contributed by atoms with Gasteiger partial charge in [0, 0.05) is 24.0 Å². The van der Waals surface area contributed by atoms with Crippen LogP contribution in [-0.2, 0) is 4.79 Å². The van der Waals surface area contributed by atoms with Crippen molar-refractivity contribution >= 4 is 17.3 Å².